The maximum atomic E-state index is 12.8. The van der Waals surface area contributed by atoms with E-state index in [0.717, 1.165) is 10.9 Å². The second-order valence-corrected chi connectivity index (χ2v) is 6.64. The van der Waals surface area contributed by atoms with Crippen LogP contribution in [0.25, 0.3) is 11.0 Å². The SMILES string of the molecule is COc1ccc(C(=O)Nc2ccc3oc(C(=O)c4ccccc4)c(C)c3c2)cc1. The van der Waals surface area contributed by atoms with Crippen LogP contribution < -0.4 is 10.1 Å². The van der Waals surface area contributed by atoms with Crippen LogP contribution >= 0.6 is 0 Å². The average molecular weight is 385 g/mol. The van der Waals surface area contributed by atoms with Crippen molar-refractivity contribution >= 4 is 28.3 Å². The van der Waals surface area contributed by atoms with Crippen LogP contribution in [-0.2, 0) is 0 Å². The highest BCUT2D eigenvalue weighted by Gasteiger charge is 2.19. The summed E-state index contributed by atoms with van der Waals surface area (Å²) in [7, 11) is 1.58. The number of amides is 1. The third kappa shape index (κ3) is 3.62. The highest BCUT2D eigenvalue weighted by Crippen LogP contribution is 2.29. The van der Waals surface area contributed by atoms with Gasteiger partial charge in [-0.15, -0.1) is 0 Å². The van der Waals surface area contributed by atoms with Crippen molar-refractivity contribution in [1.29, 1.82) is 0 Å². The number of hydrogen-bond acceptors (Lipinski definition) is 4. The number of carbonyl (C=O) groups excluding carboxylic acids is 2. The lowest BCUT2D eigenvalue weighted by Gasteiger charge is -2.06. The first-order chi connectivity index (χ1) is 14.1. The molecule has 0 saturated heterocycles. The van der Waals surface area contributed by atoms with Crippen molar-refractivity contribution in [3.8, 4) is 5.75 Å². The fourth-order valence-corrected chi connectivity index (χ4v) is 3.18. The second kappa shape index (κ2) is 7.64. The van der Waals surface area contributed by atoms with Gasteiger partial charge >= 0.3 is 0 Å². The summed E-state index contributed by atoms with van der Waals surface area (Å²) in [5.41, 5.74) is 3.07. The van der Waals surface area contributed by atoms with Gasteiger partial charge in [0.1, 0.15) is 11.3 Å². The molecule has 1 aromatic heterocycles. The Labute approximate surface area is 167 Å². The predicted octanol–water partition coefficient (Wildman–Crippen LogP) is 5.23. The molecule has 0 unspecified atom stereocenters. The van der Waals surface area contributed by atoms with Crippen molar-refractivity contribution in [2.75, 3.05) is 12.4 Å². The van der Waals surface area contributed by atoms with Crippen LogP contribution in [0, 0.1) is 6.92 Å². The van der Waals surface area contributed by atoms with Crippen molar-refractivity contribution in [3.05, 3.63) is 95.2 Å². The van der Waals surface area contributed by atoms with Crippen LogP contribution in [0.4, 0.5) is 5.69 Å². The topological polar surface area (TPSA) is 68.5 Å². The molecule has 1 heterocycles. The highest BCUT2D eigenvalue weighted by molar-refractivity contribution is 6.11. The van der Waals surface area contributed by atoms with E-state index in [0.29, 0.717) is 33.9 Å². The maximum absolute atomic E-state index is 12.8. The molecular weight excluding hydrogens is 366 g/mol. The lowest BCUT2D eigenvalue weighted by Crippen LogP contribution is -2.11. The van der Waals surface area contributed by atoms with Crippen LogP contribution in [0.15, 0.2) is 77.2 Å². The molecule has 1 N–H and O–H groups in total. The van der Waals surface area contributed by atoms with Crippen molar-refractivity contribution in [2.45, 2.75) is 6.92 Å². The molecule has 0 aliphatic rings. The van der Waals surface area contributed by atoms with Crippen molar-refractivity contribution in [3.63, 3.8) is 0 Å². The lowest BCUT2D eigenvalue weighted by molar-refractivity contribution is 0.101. The van der Waals surface area contributed by atoms with Crippen LogP contribution in [0.3, 0.4) is 0 Å². The van der Waals surface area contributed by atoms with Gasteiger partial charge in [0, 0.05) is 27.8 Å². The van der Waals surface area contributed by atoms with Gasteiger partial charge in [-0.3, -0.25) is 9.59 Å². The fraction of sp³-hybridized carbons (Fsp3) is 0.0833. The molecule has 0 saturated carbocycles. The third-order valence-corrected chi connectivity index (χ3v) is 4.79. The van der Waals surface area contributed by atoms with Gasteiger partial charge in [0.15, 0.2) is 5.76 Å². The molecule has 1 amide bonds. The van der Waals surface area contributed by atoms with Crippen molar-refractivity contribution in [2.24, 2.45) is 0 Å². The fourth-order valence-electron chi connectivity index (χ4n) is 3.18. The first-order valence-corrected chi connectivity index (χ1v) is 9.15. The molecule has 4 rings (SSSR count). The number of aryl methyl sites for hydroxylation is 1. The number of ketones is 1. The molecule has 29 heavy (non-hydrogen) atoms. The molecule has 0 bridgehead atoms. The Morgan fingerprint density at radius 1 is 0.897 bits per heavy atom. The maximum Gasteiger partial charge on any atom is 0.255 e. The predicted molar refractivity (Wildman–Crippen MR) is 112 cm³/mol. The van der Waals surface area contributed by atoms with E-state index in [-0.39, 0.29) is 11.7 Å². The number of furan rings is 1. The molecule has 0 radical (unpaired) electrons. The van der Waals surface area contributed by atoms with Crippen molar-refractivity contribution < 1.29 is 18.7 Å². The van der Waals surface area contributed by atoms with Gasteiger partial charge < -0.3 is 14.5 Å². The Balaban J connectivity index is 1.61. The number of nitrogens with one attached hydrogen (secondary N) is 1. The van der Waals surface area contributed by atoms with Crippen LogP contribution in [-0.4, -0.2) is 18.8 Å². The number of anilines is 1. The van der Waals surface area contributed by atoms with Gasteiger partial charge in [-0.05, 0) is 49.4 Å². The molecule has 0 fully saturated rings. The van der Waals surface area contributed by atoms with E-state index in [1.54, 1.807) is 55.6 Å². The van der Waals surface area contributed by atoms with Crippen LogP contribution in [0.5, 0.6) is 5.75 Å². The summed E-state index contributed by atoms with van der Waals surface area (Å²) in [5, 5.41) is 3.67. The van der Waals surface area contributed by atoms with Gasteiger partial charge in [0.25, 0.3) is 5.91 Å². The molecule has 5 nitrogen and oxygen atoms in total. The Hall–Kier alpha value is -3.86. The Morgan fingerprint density at radius 2 is 1.62 bits per heavy atom. The number of rotatable bonds is 5. The number of fused-ring (bicyclic) bond motifs is 1. The number of benzene rings is 3. The minimum atomic E-state index is -0.228. The number of hydrogen-bond donors (Lipinski definition) is 1. The molecule has 0 aliphatic carbocycles. The Morgan fingerprint density at radius 3 is 2.31 bits per heavy atom. The molecule has 3 aromatic carbocycles. The zero-order valence-corrected chi connectivity index (χ0v) is 16.1. The monoisotopic (exact) mass is 385 g/mol. The molecule has 0 atom stereocenters. The lowest BCUT2D eigenvalue weighted by atomic mass is 10.0. The van der Waals surface area contributed by atoms with E-state index in [2.05, 4.69) is 5.32 Å². The zero-order chi connectivity index (χ0) is 20.4. The number of methoxy groups -OCH3 is 1. The molecule has 0 spiro atoms. The van der Waals surface area contributed by atoms with Crippen molar-refractivity contribution in [1.82, 2.24) is 0 Å². The van der Waals surface area contributed by atoms with Gasteiger partial charge in [-0.2, -0.15) is 0 Å². The summed E-state index contributed by atoms with van der Waals surface area (Å²) in [4.78, 5) is 25.3. The zero-order valence-electron chi connectivity index (χ0n) is 16.1. The first-order valence-electron chi connectivity index (χ1n) is 9.15. The van der Waals surface area contributed by atoms with E-state index in [4.69, 9.17) is 9.15 Å². The van der Waals surface area contributed by atoms with Gasteiger partial charge in [-0.25, -0.2) is 0 Å². The smallest absolute Gasteiger partial charge is 0.255 e. The Kier molecular flexibility index (Phi) is 4.87. The van der Waals surface area contributed by atoms with E-state index in [9.17, 15) is 9.59 Å². The normalized spacial score (nSPS) is 10.7. The quantitative estimate of drug-likeness (QED) is 0.478. The summed E-state index contributed by atoms with van der Waals surface area (Å²) < 4.78 is 10.9. The summed E-state index contributed by atoms with van der Waals surface area (Å²) in [6.07, 6.45) is 0. The summed E-state index contributed by atoms with van der Waals surface area (Å²) in [6, 6.07) is 21.2. The minimum Gasteiger partial charge on any atom is -0.497 e. The molecule has 5 heteroatoms. The largest absolute Gasteiger partial charge is 0.497 e. The van der Waals surface area contributed by atoms with E-state index < -0.39 is 0 Å². The van der Waals surface area contributed by atoms with E-state index in [1.807, 2.05) is 31.2 Å². The second-order valence-electron chi connectivity index (χ2n) is 6.64. The minimum absolute atomic E-state index is 0.164. The Bertz CT molecular complexity index is 1190. The molecular formula is C24H19NO4. The van der Waals surface area contributed by atoms with Gasteiger partial charge in [-0.1, -0.05) is 30.3 Å². The standard InChI is InChI=1S/C24H19NO4/c1-15-20-14-18(25-24(27)17-8-11-19(28-2)12-9-17)10-13-21(20)29-23(15)22(26)16-6-4-3-5-7-16/h3-14H,1-2H3,(H,25,27). The van der Waals surface area contributed by atoms with Gasteiger partial charge in [0.05, 0.1) is 7.11 Å². The number of ether oxygens (including phenoxy) is 1. The van der Waals surface area contributed by atoms with E-state index in [1.165, 1.54) is 0 Å². The summed E-state index contributed by atoms with van der Waals surface area (Å²) in [6.45, 7) is 1.84. The molecule has 144 valence electrons. The molecule has 0 aliphatic heterocycles. The number of carbonyl (C=O) groups is 2. The highest BCUT2D eigenvalue weighted by atomic mass is 16.5. The third-order valence-electron chi connectivity index (χ3n) is 4.79. The van der Waals surface area contributed by atoms with E-state index >= 15 is 0 Å². The van der Waals surface area contributed by atoms with Crippen LogP contribution in [0.1, 0.15) is 32.0 Å². The molecule has 4 aromatic rings. The summed E-state index contributed by atoms with van der Waals surface area (Å²) >= 11 is 0. The van der Waals surface area contributed by atoms with Gasteiger partial charge in [0.2, 0.25) is 5.78 Å². The van der Waals surface area contributed by atoms with Crippen LogP contribution in [0.2, 0.25) is 0 Å². The first kappa shape index (κ1) is 18.5. The average Bonchev–Trinajstić information content (AvgIpc) is 3.10. The summed E-state index contributed by atoms with van der Waals surface area (Å²) in [5.74, 6) is 0.606.